The second kappa shape index (κ2) is 7.90. The highest BCUT2D eigenvalue weighted by atomic mass is 127. The molecule has 0 heterocycles. The van der Waals surface area contributed by atoms with E-state index in [4.69, 9.17) is 0 Å². The SMILES string of the molecule is O=C(O)c1c(I)c(I)c(I)c(I)c1/C=C/c1ccccc1. The van der Waals surface area contributed by atoms with Crippen molar-refractivity contribution in [1.82, 2.24) is 0 Å². The van der Waals surface area contributed by atoms with E-state index in [0.717, 1.165) is 25.4 Å². The Bertz CT molecular complexity index is 724. The Labute approximate surface area is 177 Å². The lowest BCUT2D eigenvalue weighted by Crippen LogP contribution is -2.09. The van der Waals surface area contributed by atoms with Crippen molar-refractivity contribution in [2.75, 3.05) is 0 Å². The van der Waals surface area contributed by atoms with Gasteiger partial charge in [-0.05, 0) is 95.9 Å². The first-order chi connectivity index (χ1) is 9.93. The molecule has 21 heavy (non-hydrogen) atoms. The van der Waals surface area contributed by atoms with Crippen molar-refractivity contribution in [3.8, 4) is 0 Å². The Hall–Kier alpha value is 0.570. The highest BCUT2D eigenvalue weighted by Crippen LogP contribution is 2.34. The first kappa shape index (κ1) is 17.9. The number of carboxylic acids is 1. The van der Waals surface area contributed by atoms with Gasteiger partial charge in [-0.2, -0.15) is 0 Å². The molecule has 0 aliphatic rings. The summed E-state index contributed by atoms with van der Waals surface area (Å²) in [6.45, 7) is 0. The monoisotopic (exact) mass is 728 g/mol. The third kappa shape index (κ3) is 4.10. The summed E-state index contributed by atoms with van der Waals surface area (Å²) in [6, 6.07) is 9.87. The highest BCUT2D eigenvalue weighted by Gasteiger charge is 2.21. The van der Waals surface area contributed by atoms with Gasteiger partial charge in [-0.3, -0.25) is 0 Å². The van der Waals surface area contributed by atoms with Crippen LogP contribution in [0.25, 0.3) is 12.2 Å². The van der Waals surface area contributed by atoms with Crippen LogP contribution in [0.4, 0.5) is 0 Å². The average molecular weight is 728 g/mol. The zero-order valence-corrected chi connectivity index (χ0v) is 19.0. The zero-order valence-electron chi connectivity index (χ0n) is 10.4. The third-order valence-electron chi connectivity index (χ3n) is 2.76. The fourth-order valence-electron chi connectivity index (χ4n) is 1.76. The van der Waals surface area contributed by atoms with Gasteiger partial charge in [0.2, 0.25) is 0 Å². The van der Waals surface area contributed by atoms with Gasteiger partial charge < -0.3 is 5.11 Å². The predicted octanol–water partition coefficient (Wildman–Crippen LogP) is 5.97. The van der Waals surface area contributed by atoms with Gasteiger partial charge in [0.25, 0.3) is 0 Å². The predicted molar refractivity (Wildman–Crippen MR) is 120 cm³/mol. The summed E-state index contributed by atoms with van der Waals surface area (Å²) in [4.78, 5) is 11.6. The summed E-state index contributed by atoms with van der Waals surface area (Å²) in [7, 11) is 0. The van der Waals surface area contributed by atoms with Crippen molar-refractivity contribution in [1.29, 1.82) is 0 Å². The molecule has 108 valence electrons. The zero-order chi connectivity index (χ0) is 15.6. The van der Waals surface area contributed by atoms with Gasteiger partial charge >= 0.3 is 5.97 Å². The van der Waals surface area contributed by atoms with Crippen LogP contribution in [-0.2, 0) is 0 Å². The molecule has 1 N–H and O–H groups in total. The van der Waals surface area contributed by atoms with E-state index in [1.165, 1.54) is 0 Å². The molecular formula is C15H8I4O2. The molecule has 0 unspecified atom stereocenters. The Morgan fingerprint density at radius 3 is 2.00 bits per heavy atom. The molecule has 0 amide bonds. The van der Waals surface area contributed by atoms with Crippen molar-refractivity contribution in [2.24, 2.45) is 0 Å². The van der Waals surface area contributed by atoms with Crippen molar-refractivity contribution in [3.05, 3.63) is 61.3 Å². The minimum absolute atomic E-state index is 0.372. The fourth-order valence-corrected chi connectivity index (χ4v) is 5.40. The summed E-state index contributed by atoms with van der Waals surface area (Å²) in [5.74, 6) is -0.889. The number of carboxylic acid groups (broad SMARTS) is 1. The second-order valence-corrected chi connectivity index (χ2v) is 8.41. The van der Waals surface area contributed by atoms with Crippen molar-refractivity contribution >= 4 is 108 Å². The third-order valence-corrected chi connectivity index (χ3v) is 10.2. The van der Waals surface area contributed by atoms with Crippen molar-refractivity contribution < 1.29 is 9.90 Å². The van der Waals surface area contributed by atoms with E-state index in [-0.39, 0.29) is 0 Å². The number of rotatable bonds is 3. The molecule has 0 atom stereocenters. The Kier molecular flexibility index (Phi) is 6.74. The number of halogens is 4. The molecule has 0 aliphatic carbocycles. The number of benzene rings is 2. The molecule has 0 spiro atoms. The molecular weight excluding hydrogens is 720 g/mol. The topological polar surface area (TPSA) is 37.3 Å². The summed E-state index contributed by atoms with van der Waals surface area (Å²) in [5, 5.41) is 9.54. The molecule has 0 aliphatic heterocycles. The largest absolute Gasteiger partial charge is 0.478 e. The van der Waals surface area contributed by atoms with Gasteiger partial charge in [0.1, 0.15) is 0 Å². The summed E-state index contributed by atoms with van der Waals surface area (Å²) in [5.41, 5.74) is 2.19. The molecule has 0 saturated carbocycles. The van der Waals surface area contributed by atoms with E-state index in [1.807, 2.05) is 42.5 Å². The van der Waals surface area contributed by atoms with Crippen LogP contribution >= 0.6 is 90.4 Å². The van der Waals surface area contributed by atoms with E-state index in [1.54, 1.807) is 0 Å². The van der Waals surface area contributed by atoms with Crippen LogP contribution in [0.3, 0.4) is 0 Å². The first-order valence-corrected chi connectivity index (χ1v) is 10.1. The Morgan fingerprint density at radius 1 is 0.857 bits per heavy atom. The average Bonchev–Trinajstić information content (AvgIpc) is 2.48. The highest BCUT2D eigenvalue weighted by molar-refractivity contribution is 14.1. The molecule has 6 heteroatoms. The lowest BCUT2D eigenvalue weighted by atomic mass is 10.1. The van der Waals surface area contributed by atoms with Crippen LogP contribution in [0.2, 0.25) is 0 Å². The normalized spacial score (nSPS) is 11.0. The molecule has 0 radical (unpaired) electrons. The second-order valence-electron chi connectivity index (χ2n) is 4.09. The Balaban J connectivity index is 2.62. The minimum atomic E-state index is -0.889. The Morgan fingerprint density at radius 2 is 1.43 bits per heavy atom. The van der Waals surface area contributed by atoms with Crippen LogP contribution in [0.1, 0.15) is 21.5 Å². The van der Waals surface area contributed by atoms with Crippen molar-refractivity contribution in [3.63, 3.8) is 0 Å². The van der Waals surface area contributed by atoms with Crippen LogP contribution in [0.15, 0.2) is 30.3 Å². The summed E-state index contributed by atoms with van der Waals surface area (Å²) < 4.78 is 3.85. The van der Waals surface area contributed by atoms with Gasteiger partial charge in [-0.1, -0.05) is 42.5 Å². The number of carbonyl (C=O) groups is 1. The van der Waals surface area contributed by atoms with Gasteiger partial charge in [0.05, 0.1) is 5.56 Å². The molecule has 0 fully saturated rings. The van der Waals surface area contributed by atoms with E-state index in [0.29, 0.717) is 5.56 Å². The van der Waals surface area contributed by atoms with E-state index in [2.05, 4.69) is 90.4 Å². The maximum absolute atomic E-state index is 11.6. The maximum atomic E-state index is 11.6. The molecule has 2 aromatic carbocycles. The smallest absolute Gasteiger partial charge is 0.337 e. The lowest BCUT2D eigenvalue weighted by Gasteiger charge is -2.12. The van der Waals surface area contributed by atoms with Crippen LogP contribution < -0.4 is 0 Å². The van der Waals surface area contributed by atoms with E-state index >= 15 is 0 Å². The van der Waals surface area contributed by atoms with E-state index < -0.39 is 5.97 Å². The van der Waals surface area contributed by atoms with Crippen LogP contribution in [0.5, 0.6) is 0 Å². The minimum Gasteiger partial charge on any atom is -0.478 e. The summed E-state index contributed by atoms with van der Waals surface area (Å²) in [6.07, 6.45) is 3.84. The maximum Gasteiger partial charge on any atom is 0.337 e. The molecule has 2 rings (SSSR count). The molecule has 0 bridgehead atoms. The van der Waals surface area contributed by atoms with Crippen LogP contribution in [0, 0.1) is 14.3 Å². The summed E-state index contributed by atoms with van der Waals surface area (Å²) >= 11 is 8.80. The van der Waals surface area contributed by atoms with Gasteiger partial charge in [0, 0.05) is 19.8 Å². The van der Waals surface area contributed by atoms with Gasteiger partial charge in [-0.25, -0.2) is 4.79 Å². The number of hydrogen-bond donors (Lipinski definition) is 1. The lowest BCUT2D eigenvalue weighted by molar-refractivity contribution is 0.0695. The fraction of sp³-hybridized carbons (Fsp3) is 0. The van der Waals surface area contributed by atoms with Crippen molar-refractivity contribution in [2.45, 2.75) is 0 Å². The van der Waals surface area contributed by atoms with Crippen LogP contribution in [-0.4, -0.2) is 11.1 Å². The molecule has 0 saturated heterocycles. The van der Waals surface area contributed by atoms with E-state index in [9.17, 15) is 9.90 Å². The van der Waals surface area contributed by atoms with Gasteiger partial charge in [-0.15, -0.1) is 0 Å². The molecule has 2 nitrogen and oxygen atoms in total. The first-order valence-electron chi connectivity index (χ1n) is 5.76. The number of aromatic carboxylic acids is 1. The quantitative estimate of drug-likeness (QED) is 0.183. The van der Waals surface area contributed by atoms with Gasteiger partial charge in [0.15, 0.2) is 0 Å². The number of hydrogen-bond acceptors (Lipinski definition) is 1. The standard InChI is InChI=1S/C15H8I4O2/c16-11-9(7-6-8-4-2-1-3-5-8)10(15(20)21)12(17)14(19)13(11)18/h1-7H,(H,20,21)/b7-6+. The molecule has 2 aromatic rings. The molecule has 0 aromatic heterocycles.